The van der Waals surface area contributed by atoms with Crippen LogP contribution in [0.2, 0.25) is 0 Å². The average Bonchev–Trinajstić information content (AvgIpc) is 2.94. The number of carbonyl (C=O) groups excluding carboxylic acids is 2. The van der Waals surface area contributed by atoms with Crippen molar-refractivity contribution in [3.05, 3.63) is 41.8 Å². The highest BCUT2D eigenvalue weighted by molar-refractivity contribution is 5.96. The number of carbonyl (C=O) groups is 2. The standard InChI is InChI=1S/C15H16N2O5/c1-9-8-13(22-17-9)15(19)21-10(2)14(18)16-11-4-6-12(20-3)7-5-11/h4-8,10H,1-3H3,(H,16,18)/t10-/m1/s1. The molecule has 0 saturated carbocycles. The summed E-state index contributed by atoms with van der Waals surface area (Å²) >= 11 is 0. The van der Waals surface area contributed by atoms with Crippen molar-refractivity contribution in [3.8, 4) is 5.75 Å². The minimum absolute atomic E-state index is 0.0402. The van der Waals surface area contributed by atoms with Gasteiger partial charge in [0.25, 0.3) is 5.91 Å². The zero-order valence-electron chi connectivity index (χ0n) is 12.5. The molecule has 1 N–H and O–H groups in total. The number of hydrogen-bond acceptors (Lipinski definition) is 6. The number of nitrogens with zero attached hydrogens (tertiary/aromatic N) is 1. The highest BCUT2D eigenvalue weighted by Gasteiger charge is 2.21. The van der Waals surface area contributed by atoms with E-state index in [4.69, 9.17) is 14.0 Å². The van der Waals surface area contributed by atoms with Gasteiger partial charge in [-0.2, -0.15) is 0 Å². The van der Waals surface area contributed by atoms with Crippen molar-refractivity contribution in [2.45, 2.75) is 20.0 Å². The molecular weight excluding hydrogens is 288 g/mol. The van der Waals surface area contributed by atoms with Crippen LogP contribution in [0.3, 0.4) is 0 Å². The summed E-state index contributed by atoms with van der Waals surface area (Å²) in [5, 5.41) is 6.22. The van der Waals surface area contributed by atoms with Crippen molar-refractivity contribution in [3.63, 3.8) is 0 Å². The first-order chi connectivity index (χ1) is 10.5. The van der Waals surface area contributed by atoms with Crippen molar-refractivity contribution < 1.29 is 23.6 Å². The van der Waals surface area contributed by atoms with Crippen LogP contribution in [0.15, 0.2) is 34.9 Å². The van der Waals surface area contributed by atoms with E-state index in [-0.39, 0.29) is 5.76 Å². The Labute approximate surface area is 127 Å². The number of benzene rings is 1. The molecule has 2 rings (SSSR count). The second-order valence-corrected chi connectivity index (χ2v) is 4.60. The number of ether oxygens (including phenoxy) is 2. The molecule has 0 fully saturated rings. The van der Waals surface area contributed by atoms with E-state index >= 15 is 0 Å². The van der Waals surface area contributed by atoms with E-state index in [1.165, 1.54) is 13.0 Å². The zero-order chi connectivity index (χ0) is 16.1. The lowest BCUT2D eigenvalue weighted by molar-refractivity contribution is -0.123. The van der Waals surface area contributed by atoms with Crippen LogP contribution in [0.1, 0.15) is 23.2 Å². The van der Waals surface area contributed by atoms with Crippen LogP contribution in [-0.2, 0) is 9.53 Å². The Bertz CT molecular complexity index is 663. The molecule has 2 aromatic rings. The summed E-state index contributed by atoms with van der Waals surface area (Å²) in [6.45, 7) is 3.15. The minimum atomic E-state index is -0.972. The summed E-state index contributed by atoms with van der Waals surface area (Å²) in [7, 11) is 1.56. The number of methoxy groups -OCH3 is 1. The van der Waals surface area contributed by atoms with Gasteiger partial charge in [0.1, 0.15) is 5.75 Å². The fraction of sp³-hybridized carbons (Fsp3) is 0.267. The fourth-order valence-electron chi connectivity index (χ4n) is 1.65. The molecule has 0 radical (unpaired) electrons. The molecule has 0 aliphatic rings. The molecule has 1 amide bonds. The molecule has 1 atom stereocenters. The molecule has 116 valence electrons. The van der Waals surface area contributed by atoms with E-state index in [0.29, 0.717) is 17.1 Å². The molecule has 1 aromatic heterocycles. The predicted octanol–water partition coefficient (Wildman–Crippen LogP) is 2.18. The van der Waals surface area contributed by atoms with Gasteiger partial charge in [-0.25, -0.2) is 4.79 Å². The van der Waals surface area contributed by atoms with Gasteiger partial charge in [0.2, 0.25) is 5.76 Å². The lowest BCUT2D eigenvalue weighted by atomic mass is 10.3. The Hall–Kier alpha value is -2.83. The van der Waals surface area contributed by atoms with Gasteiger partial charge in [-0.15, -0.1) is 0 Å². The first-order valence-electron chi connectivity index (χ1n) is 6.59. The van der Waals surface area contributed by atoms with Gasteiger partial charge >= 0.3 is 5.97 Å². The Balaban J connectivity index is 1.92. The Morgan fingerprint density at radius 3 is 2.50 bits per heavy atom. The molecule has 22 heavy (non-hydrogen) atoms. The van der Waals surface area contributed by atoms with E-state index in [2.05, 4.69) is 10.5 Å². The molecule has 0 aliphatic carbocycles. The maximum absolute atomic E-state index is 12.0. The monoisotopic (exact) mass is 304 g/mol. The molecule has 0 spiro atoms. The number of aryl methyl sites for hydroxylation is 1. The van der Waals surface area contributed by atoms with Crippen LogP contribution in [0, 0.1) is 6.92 Å². The smallest absolute Gasteiger partial charge is 0.377 e. The van der Waals surface area contributed by atoms with Gasteiger partial charge in [-0.05, 0) is 38.1 Å². The van der Waals surface area contributed by atoms with Crippen LogP contribution in [0.5, 0.6) is 5.75 Å². The number of nitrogens with one attached hydrogen (secondary N) is 1. The van der Waals surface area contributed by atoms with E-state index in [9.17, 15) is 9.59 Å². The summed E-state index contributed by atoms with van der Waals surface area (Å²) in [5.41, 5.74) is 1.13. The van der Waals surface area contributed by atoms with Crippen molar-refractivity contribution >= 4 is 17.6 Å². The van der Waals surface area contributed by atoms with Crippen molar-refractivity contribution in [2.75, 3.05) is 12.4 Å². The maximum atomic E-state index is 12.0. The number of aromatic nitrogens is 1. The van der Waals surface area contributed by atoms with Gasteiger partial charge in [-0.3, -0.25) is 4.79 Å². The highest BCUT2D eigenvalue weighted by Crippen LogP contribution is 2.15. The number of hydrogen-bond donors (Lipinski definition) is 1. The van der Waals surface area contributed by atoms with E-state index in [1.54, 1.807) is 38.3 Å². The topological polar surface area (TPSA) is 90.7 Å². The highest BCUT2D eigenvalue weighted by atomic mass is 16.6. The minimum Gasteiger partial charge on any atom is -0.497 e. The summed E-state index contributed by atoms with van der Waals surface area (Å²) in [6, 6.07) is 8.24. The molecule has 7 heteroatoms. The lowest BCUT2D eigenvalue weighted by Gasteiger charge is -2.12. The molecule has 1 heterocycles. The third-order valence-electron chi connectivity index (χ3n) is 2.84. The Morgan fingerprint density at radius 2 is 1.95 bits per heavy atom. The second-order valence-electron chi connectivity index (χ2n) is 4.60. The number of amides is 1. The molecule has 0 bridgehead atoms. The third-order valence-corrected chi connectivity index (χ3v) is 2.84. The Kier molecular flexibility index (Phi) is 4.77. The molecule has 0 saturated heterocycles. The molecule has 0 aliphatic heterocycles. The zero-order valence-corrected chi connectivity index (χ0v) is 12.5. The summed E-state index contributed by atoms with van der Waals surface area (Å²) in [6.07, 6.45) is -0.972. The van der Waals surface area contributed by atoms with Crippen molar-refractivity contribution in [1.82, 2.24) is 5.16 Å². The van der Waals surface area contributed by atoms with Crippen molar-refractivity contribution in [2.24, 2.45) is 0 Å². The molecule has 0 unspecified atom stereocenters. The van der Waals surface area contributed by atoms with Gasteiger partial charge < -0.3 is 19.3 Å². The van der Waals surface area contributed by atoms with E-state index in [1.807, 2.05) is 0 Å². The SMILES string of the molecule is COc1ccc(NC(=O)[C@@H](C)OC(=O)c2cc(C)no2)cc1. The largest absolute Gasteiger partial charge is 0.497 e. The molecule has 1 aromatic carbocycles. The van der Waals surface area contributed by atoms with Crippen LogP contribution in [-0.4, -0.2) is 30.2 Å². The van der Waals surface area contributed by atoms with Gasteiger partial charge in [0, 0.05) is 11.8 Å². The van der Waals surface area contributed by atoms with Crippen LogP contribution >= 0.6 is 0 Å². The Morgan fingerprint density at radius 1 is 1.27 bits per heavy atom. The first kappa shape index (κ1) is 15.6. The van der Waals surface area contributed by atoms with Gasteiger partial charge in [0.15, 0.2) is 6.10 Å². The lowest BCUT2D eigenvalue weighted by Crippen LogP contribution is -2.29. The normalized spacial score (nSPS) is 11.6. The third kappa shape index (κ3) is 3.85. The predicted molar refractivity (Wildman–Crippen MR) is 77.7 cm³/mol. The number of rotatable bonds is 5. The van der Waals surface area contributed by atoms with Gasteiger partial charge in [0.05, 0.1) is 12.8 Å². The average molecular weight is 304 g/mol. The van der Waals surface area contributed by atoms with Gasteiger partial charge in [-0.1, -0.05) is 5.16 Å². The number of esters is 1. The summed E-state index contributed by atoms with van der Waals surface area (Å²) in [5.74, 6) is -0.549. The van der Waals surface area contributed by atoms with Crippen LogP contribution in [0.25, 0.3) is 0 Å². The molecular formula is C15H16N2O5. The number of anilines is 1. The van der Waals surface area contributed by atoms with E-state index in [0.717, 1.165) is 0 Å². The first-order valence-corrected chi connectivity index (χ1v) is 6.59. The fourth-order valence-corrected chi connectivity index (χ4v) is 1.65. The molecule has 7 nitrogen and oxygen atoms in total. The quantitative estimate of drug-likeness (QED) is 0.851. The van der Waals surface area contributed by atoms with E-state index < -0.39 is 18.0 Å². The van der Waals surface area contributed by atoms with Crippen LogP contribution in [0.4, 0.5) is 5.69 Å². The summed E-state index contributed by atoms with van der Waals surface area (Å²) < 4.78 is 14.8. The second kappa shape index (κ2) is 6.75. The van der Waals surface area contributed by atoms with Crippen LogP contribution < -0.4 is 10.1 Å². The summed E-state index contributed by atoms with van der Waals surface area (Å²) in [4.78, 5) is 23.7. The maximum Gasteiger partial charge on any atom is 0.377 e. The van der Waals surface area contributed by atoms with Crippen molar-refractivity contribution in [1.29, 1.82) is 0 Å².